The zero-order valence-electron chi connectivity index (χ0n) is 20.1. The Morgan fingerprint density at radius 2 is 1.94 bits per heavy atom. The summed E-state index contributed by atoms with van der Waals surface area (Å²) < 4.78 is 30.4. The van der Waals surface area contributed by atoms with Crippen molar-refractivity contribution in [2.45, 2.75) is 52.1 Å². The summed E-state index contributed by atoms with van der Waals surface area (Å²) >= 11 is 5.88. The molecule has 7 nitrogen and oxygen atoms in total. The first-order valence-corrected chi connectivity index (χ1v) is 11.7. The van der Waals surface area contributed by atoms with Crippen LogP contribution in [-0.4, -0.2) is 53.1 Å². The molecular weight excluding hydrogens is 480 g/mol. The number of anilines is 1. The number of rotatable bonds is 10. The van der Waals surface area contributed by atoms with Gasteiger partial charge in [0.1, 0.15) is 0 Å². The number of amides is 1. The molecule has 0 spiro atoms. The van der Waals surface area contributed by atoms with Gasteiger partial charge in [-0.2, -0.15) is 8.78 Å². The van der Waals surface area contributed by atoms with Crippen LogP contribution in [-0.2, 0) is 15.0 Å². The van der Waals surface area contributed by atoms with Crippen LogP contribution in [0.4, 0.5) is 14.6 Å². The molecule has 190 valence electrons. The minimum absolute atomic E-state index is 0.0920. The predicted molar refractivity (Wildman–Crippen MR) is 129 cm³/mol. The van der Waals surface area contributed by atoms with Gasteiger partial charge in [-0.05, 0) is 43.9 Å². The van der Waals surface area contributed by atoms with Crippen LogP contribution in [0.1, 0.15) is 51.2 Å². The van der Waals surface area contributed by atoms with Gasteiger partial charge in [-0.3, -0.25) is 9.59 Å². The molecule has 1 aromatic carbocycles. The Morgan fingerprint density at radius 1 is 1.29 bits per heavy atom. The van der Waals surface area contributed by atoms with Crippen molar-refractivity contribution in [2.75, 3.05) is 25.0 Å². The Hall–Kier alpha value is -2.78. The van der Waals surface area contributed by atoms with E-state index in [1.54, 1.807) is 13.8 Å². The van der Waals surface area contributed by atoms with E-state index in [0.717, 1.165) is 11.1 Å². The van der Waals surface area contributed by atoms with E-state index in [1.807, 2.05) is 43.0 Å². The second kappa shape index (κ2) is 10.5. The monoisotopic (exact) mass is 509 g/mol. The smallest absolute Gasteiger partial charge is 0.387 e. The fourth-order valence-corrected chi connectivity index (χ4v) is 4.37. The first kappa shape index (κ1) is 26.8. The number of likely N-dealkylation sites (tertiary alicyclic amines) is 1. The maximum atomic E-state index is 13.7. The SMILES string of the molecule is CC(C)c1ccccc1C1(C(=O)Nc2ncc(Cl)cc2OC(F)F)CN(CCC(C)(C)C(=O)O)C1. The van der Waals surface area contributed by atoms with Crippen molar-refractivity contribution in [2.24, 2.45) is 5.41 Å². The van der Waals surface area contributed by atoms with Crippen LogP contribution in [0, 0.1) is 5.41 Å². The van der Waals surface area contributed by atoms with Crippen LogP contribution in [0.2, 0.25) is 5.02 Å². The minimum atomic E-state index is -3.11. The van der Waals surface area contributed by atoms with Crippen molar-refractivity contribution in [1.29, 1.82) is 0 Å². The van der Waals surface area contributed by atoms with Gasteiger partial charge >= 0.3 is 12.6 Å². The van der Waals surface area contributed by atoms with Gasteiger partial charge in [0.15, 0.2) is 11.6 Å². The minimum Gasteiger partial charge on any atom is -0.481 e. The maximum Gasteiger partial charge on any atom is 0.387 e. The van der Waals surface area contributed by atoms with Crippen molar-refractivity contribution >= 4 is 29.3 Å². The van der Waals surface area contributed by atoms with E-state index in [9.17, 15) is 23.5 Å². The molecule has 2 aromatic rings. The van der Waals surface area contributed by atoms with Gasteiger partial charge in [-0.25, -0.2) is 4.98 Å². The number of alkyl halides is 2. The van der Waals surface area contributed by atoms with Crippen LogP contribution < -0.4 is 10.1 Å². The summed E-state index contributed by atoms with van der Waals surface area (Å²) in [5, 5.41) is 12.2. The zero-order valence-corrected chi connectivity index (χ0v) is 20.9. The van der Waals surface area contributed by atoms with Crippen molar-refractivity contribution in [3.63, 3.8) is 0 Å². The maximum absolute atomic E-state index is 13.7. The number of halogens is 3. The zero-order chi connectivity index (χ0) is 26.0. The Balaban J connectivity index is 1.91. The van der Waals surface area contributed by atoms with E-state index < -0.39 is 29.3 Å². The first-order chi connectivity index (χ1) is 16.4. The lowest BCUT2D eigenvalue weighted by molar-refractivity contribution is -0.148. The normalized spacial score (nSPS) is 15.7. The third-order valence-corrected chi connectivity index (χ3v) is 6.63. The highest BCUT2D eigenvalue weighted by atomic mass is 35.5. The topological polar surface area (TPSA) is 91.8 Å². The van der Waals surface area contributed by atoms with Crippen molar-refractivity contribution in [1.82, 2.24) is 9.88 Å². The highest BCUT2D eigenvalue weighted by Gasteiger charge is 2.52. The fourth-order valence-electron chi connectivity index (χ4n) is 4.22. The summed E-state index contributed by atoms with van der Waals surface area (Å²) in [5.74, 6) is -1.62. The molecule has 2 N–H and O–H groups in total. The Labute approximate surface area is 208 Å². The average Bonchev–Trinajstić information content (AvgIpc) is 2.74. The molecule has 0 bridgehead atoms. The number of carbonyl (C=O) groups excluding carboxylic acids is 1. The number of hydrogen-bond donors (Lipinski definition) is 2. The van der Waals surface area contributed by atoms with Gasteiger partial charge in [-0.1, -0.05) is 49.7 Å². The number of nitrogens with zero attached hydrogens (tertiary/aromatic N) is 2. The lowest BCUT2D eigenvalue weighted by atomic mass is 9.69. The van der Waals surface area contributed by atoms with Gasteiger partial charge in [0.2, 0.25) is 5.91 Å². The molecule has 0 saturated carbocycles. The number of aliphatic carboxylic acids is 1. The van der Waals surface area contributed by atoms with E-state index in [-0.39, 0.29) is 22.5 Å². The number of carbonyl (C=O) groups is 2. The molecule has 1 aromatic heterocycles. The molecule has 2 heterocycles. The molecule has 1 fully saturated rings. The number of nitrogens with one attached hydrogen (secondary N) is 1. The molecule has 0 unspecified atom stereocenters. The standard InChI is InChI=1S/C25H30ClF2N3O4/c1-15(2)17-7-5-6-8-18(17)25(13-31(14-25)10-9-24(3,4)22(33)34)21(32)30-20-19(35-23(27)28)11-16(26)12-29-20/h5-8,11-12,15,23H,9-10,13-14H2,1-4H3,(H,33,34)(H,29,30,32). The number of ether oxygens (including phenoxy) is 1. The number of hydrogen-bond acceptors (Lipinski definition) is 5. The Kier molecular flexibility index (Phi) is 8.01. The number of carboxylic acid groups (broad SMARTS) is 1. The third kappa shape index (κ3) is 5.90. The molecule has 3 rings (SSSR count). The van der Waals surface area contributed by atoms with Crippen molar-refractivity contribution in [3.8, 4) is 5.75 Å². The second-order valence-corrected chi connectivity index (χ2v) is 10.2. The molecular formula is C25H30ClF2N3O4. The highest BCUT2D eigenvalue weighted by molar-refractivity contribution is 6.30. The molecule has 0 aliphatic carbocycles. The summed E-state index contributed by atoms with van der Waals surface area (Å²) in [6, 6.07) is 8.81. The van der Waals surface area contributed by atoms with Gasteiger partial charge in [-0.15, -0.1) is 0 Å². The predicted octanol–water partition coefficient (Wildman–Crippen LogP) is 5.15. The second-order valence-electron chi connectivity index (χ2n) is 9.81. The van der Waals surface area contributed by atoms with E-state index in [1.165, 1.54) is 12.3 Å². The molecule has 35 heavy (non-hydrogen) atoms. The molecule has 0 atom stereocenters. The number of aromatic nitrogens is 1. The van der Waals surface area contributed by atoms with Crippen LogP contribution in [0.25, 0.3) is 0 Å². The van der Waals surface area contributed by atoms with Crippen LogP contribution in [0.15, 0.2) is 36.5 Å². The van der Waals surface area contributed by atoms with E-state index in [4.69, 9.17) is 11.6 Å². The lowest BCUT2D eigenvalue weighted by Crippen LogP contribution is -2.65. The third-order valence-electron chi connectivity index (χ3n) is 6.42. The van der Waals surface area contributed by atoms with E-state index in [0.29, 0.717) is 26.1 Å². The molecule has 10 heteroatoms. The van der Waals surface area contributed by atoms with Crippen LogP contribution >= 0.6 is 11.6 Å². The number of benzene rings is 1. The summed E-state index contributed by atoms with van der Waals surface area (Å²) in [6.45, 7) is 5.47. The lowest BCUT2D eigenvalue weighted by Gasteiger charge is -2.50. The summed E-state index contributed by atoms with van der Waals surface area (Å²) in [6.07, 6.45) is 1.66. The van der Waals surface area contributed by atoms with Gasteiger partial charge in [0, 0.05) is 25.4 Å². The quantitative estimate of drug-likeness (QED) is 0.460. The molecule has 1 aliphatic heterocycles. The van der Waals surface area contributed by atoms with E-state index in [2.05, 4.69) is 15.0 Å². The molecule has 1 amide bonds. The average molecular weight is 510 g/mol. The van der Waals surface area contributed by atoms with Gasteiger partial charge in [0.25, 0.3) is 0 Å². The largest absolute Gasteiger partial charge is 0.481 e. The first-order valence-electron chi connectivity index (χ1n) is 11.3. The Morgan fingerprint density at radius 3 is 2.54 bits per heavy atom. The van der Waals surface area contributed by atoms with Crippen molar-refractivity contribution in [3.05, 3.63) is 52.7 Å². The van der Waals surface area contributed by atoms with Crippen LogP contribution in [0.5, 0.6) is 5.75 Å². The number of carboxylic acids is 1. The summed E-state index contributed by atoms with van der Waals surface area (Å²) in [7, 11) is 0. The molecule has 0 radical (unpaired) electrons. The summed E-state index contributed by atoms with van der Waals surface area (Å²) in [5.41, 5.74) is -0.0317. The van der Waals surface area contributed by atoms with Crippen molar-refractivity contribution < 1.29 is 28.2 Å². The van der Waals surface area contributed by atoms with Gasteiger partial charge < -0.3 is 20.1 Å². The van der Waals surface area contributed by atoms with E-state index >= 15 is 0 Å². The fraction of sp³-hybridized carbons (Fsp3) is 0.480. The highest BCUT2D eigenvalue weighted by Crippen LogP contribution is 2.41. The van der Waals surface area contributed by atoms with Crippen LogP contribution in [0.3, 0.4) is 0 Å². The number of pyridine rings is 1. The molecule has 1 aliphatic rings. The van der Waals surface area contributed by atoms with Gasteiger partial charge in [0.05, 0.1) is 15.9 Å². The Bertz CT molecular complexity index is 1090. The summed E-state index contributed by atoms with van der Waals surface area (Å²) in [4.78, 5) is 31.2. The molecule has 1 saturated heterocycles.